The van der Waals surface area contributed by atoms with Crippen molar-refractivity contribution < 1.29 is 14.3 Å². The van der Waals surface area contributed by atoms with E-state index < -0.39 is 12.1 Å². The number of anilines is 2. The van der Waals surface area contributed by atoms with Crippen LogP contribution in [0.15, 0.2) is 48.5 Å². The molecule has 3 rings (SSSR count). The van der Waals surface area contributed by atoms with E-state index in [0.29, 0.717) is 10.7 Å². The van der Waals surface area contributed by atoms with Crippen molar-refractivity contribution in [3.63, 3.8) is 0 Å². The number of nitrogens with zero attached hydrogens (tertiary/aromatic N) is 1. The van der Waals surface area contributed by atoms with Crippen LogP contribution in [0.2, 0.25) is 5.02 Å². The second kappa shape index (κ2) is 8.91. The Kier molecular flexibility index (Phi) is 6.35. The summed E-state index contributed by atoms with van der Waals surface area (Å²) >= 11 is 5.99. The zero-order chi connectivity index (χ0) is 19.2. The Morgan fingerprint density at radius 1 is 1.04 bits per heavy atom. The summed E-state index contributed by atoms with van der Waals surface area (Å²) in [5.41, 5.74) is 2.07. The number of rotatable bonds is 5. The van der Waals surface area contributed by atoms with Gasteiger partial charge in [-0.3, -0.25) is 4.79 Å². The van der Waals surface area contributed by atoms with Crippen molar-refractivity contribution in [1.29, 1.82) is 0 Å². The van der Waals surface area contributed by atoms with Gasteiger partial charge in [0.05, 0.1) is 10.6 Å². The van der Waals surface area contributed by atoms with Crippen molar-refractivity contribution in [2.24, 2.45) is 0 Å². The minimum atomic E-state index is -0.935. The highest BCUT2D eigenvalue weighted by molar-refractivity contribution is 6.33. The molecule has 0 aliphatic carbocycles. The molecular weight excluding hydrogens is 364 g/mol. The second-order valence-corrected chi connectivity index (χ2v) is 7.02. The molecule has 6 heteroatoms. The van der Waals surface area contributed by atoms with Gasteiger partial charge in [0.1, 0.15) is 0 Å². The van der Waals surface area contributed by atoms with E-state index in [-0.39, 0.29) is 11.5 Å². The first kappa shape index (κ1) is 19.2. The summed E-state index contributed by atoms with van der Waals surface area (Å²) < 4.78 is 5.23. The smallest absolute Gasteiger partial charge is 0.340 e. The zero-order valence-electron chi connectivity index (χ0n) is 15.3. The fourth-order valence-electron chi connectivity index (χ4n) is 3.06. The van der Waals surface area contributed by atoms with Crippen LogP contribution < -0.4 is 10.2 Å². The lowest BCUT2D eigenvalue weighted by Gasteiger charge is -2.28. The molecule has 1 saturated heterocycles. The summed E-state index contributed by atoms with van der Waals surface area (Å²) in [5.74, 6) is -1.01. The van der Waals surface area contributed by atoms with Gasteiger partial charge in [0, 0.05) is 24.5 Å². The summed E-state index contributed by atoms with van der Waals surface area (Å²) in [6.45, 7) is 3.67. The lowest BCUT2D eigenvalue weighted by atomic mass is 10.1. The molecule has 27 heavy (non-hydrogen) atoms. The molecule has 0 saturated carbocycles. The topological polar surface area (TPSA) is 58.6 Å². The third kappa shape index (κ3) is 5.01. The minimum Gasteiger partial charge on any atom is -0.449 e. The number of carbonyl (C=O) groups is 2. The summed E-state index contributed by atoms with van der Waals surface area (Å²) in [5, 5.41) is 3.07. The SMILES string of the molecule is C[C@H](OC(=O)c1ccccc1Cl)C(=O)Nc1ccc(N2CCCCC2)cc1. The molecular formula is C21H23ClN2O3. The average molecular weight is 387 g/mol. The first-order valence-corrected chi connectivity index (χ1v) is 9.54. The molecule has 0 spiro atoms. The molecule has 0 aromatic heterocycles. The third-order valence-electron chi connectivity index (χ3n) is 4.60. The van der Waals surface area contributed by atoms with E-state index in [0.717, 1.165) is 18.8 Å². The normalized spacial score (nSPS) is 15.1. The molecule has 5 nitrogen and oxygen atoms in total. The Balaban J connectivity index is 1.56. The lowest BCUT2D eigenvalue weighted by Crippen LogP contribution is -2.30. The van der Waals surface area contributed by atoms with Gasteiger partial charge in [-0.2, -0.15) is 0 Å². The zero-order valence-corrected chi connectivity index (χ0v) is 16.0. The van der Waals surface area contributed by atoms with Crippen molar-refractivity contribution >= 4 is 34.9 Å². The number of hydrogen-bond acceptors (Lipinski definition) is 4. The van der Waals surface area contributed by atoms with Crippen LogP contribution in [0.1, 0.15) is 36.5 Å². The number of ether oxygens (including phenoxy) is 1. The number of halogens is 1. The van der Waals surface area contributed by atoms with E-state index in [1.165, 1.54) is 26.2 Å². The fourth-order valence-corrected chi connectivity index (χ4v) is 3.27. The van der Waals surface area contributed by atoms with Crippen LogP contribution in [-0.2, 0) is 9.53 Å². The summed E-state index contributed by atoms with van der Waals surface area (Å²) in [7, 11) is 0. The maximum Gasteiger partial charge on any atom is 0.340 e. The average Bonchev–Trinajstić information content (AvgIpc) is 2.69. The van der Waals surface area contributed by atoms with Crippen LogP contribution in [0.4, 0.5) is 11.4 Å². The van der Waals surface area contributed by atoms with E-state index >= 15 is 0 Å². The van der Waals surface area contributed by atoms with Crippen molar-refractivity contribution in [2.45, 2.75) is 32.3 Å². The Labute approximate surface area is 164 Å². The van der Waals surface area contributed by atoms with Gasteiger partial charge < -0.3 is 15.0 Å². The maximum atomic E-state index is 12.3. The Morgan fingerprint density at radius 3 is 2.37 bits per heavy atom. The first-order valence-electron chi connectivity index (χ1n) is 9.16. The minimum absolute atomic E-state index is 0.240. The third-order valence-corrected chi connectivity index (χ3v) is 4.93. The van der Waals surface area contributed by atoms with Crippen LogP contribution in [0.5, 0.6) is 0 Å². The Morgan fingerprint density at radius 2 is 1.70 bits per heavy atom. The number of hydrogen-bond donors (Lipinski definition) is 1. The molecule has 0 unspecified atom stereocenters. The molecule has 1 amide bonds. The highest BCUT2D eigenvalue weighted by atomic mass is 35.5. The molecule has 142 valence electrons. The molecule has 1 atom stereocenters. The van der Waals surface area contributed by atoms with Gasteiger partial charge in [-0.05, 0) is 62.6 Å². The quantitative estimate of drug-likeness (QED) is 0.768. The van der Waals surface area contributed by atoms with E-state index in [4.69, 9.17) is 16.3 Å². The fraction of sp³-hybridized carbons (Fsp3) is 0.333. The van der Waals surface area contributed by atoms with Gasteiger partial charge in [0.25, 0.3) is 5.91 Å². The molecule has 1 aliphatic rings. The monoisotopic (exact) mass is 386 g/mol. The maximum absolute atomic E-state index is 12.3. The number of carbonyl (C=O) groups excluding carboxylic acids is 2. The van der Waals surface area contributed by atoms with Crippen molar-refractivity contribution in [3.05, 3.63) is 59.1 Å². The van der Waals surface area contributed by atoms with Gasteiger partial charge in [-0.15, -0.1) is 0 Å². The molecule has 1 fully saturated rings. The van der Waals surface area contributed by atoms with Gasteiger partial charge in [0.2, 0.25) is 0 Å². The highest BCUT2D eigenvalue weighted by Crippen LogP contribution is 2.22. The van der Waals surface area contributed by atoms with Gasteiger partial charge in [0.15, 0.2) is 6.10 Å². The molecule has 2 aromatic carbocycles. The number of nitrogens with one attached hydrogen (secondary N) is 1. The van der Waals surface area contributed by atoms with Crippen LogP contribution in [0.3, 0.4) is 0 Å². The summed E-state index contributed by atoms with van der Waals surface area (Å²) in [6, 6.07) is 14.3. The number of amides is 1. The summed E-state index contributed by atoms with van der Waals surface area (Å²) in [4.78, 5) is 26.8. The van der Waals surface area contributed by atoms with E-state index in [1.807, 2.05) is 24.3 Å². The van der Waals surface area contributed by atoms with Crippen LogP contribution in [-0.4, -0.2) is 31.1 Å². The van der Waals surface area contributed by atoms with Crippen molar-refractivity contribution in [2.75, 3.05) is 23.3 Å². The van der Waals surface area contributed by atoms with Gasteiger partial charge in [-0.1, -0.05) is 23.7 Å². The standard InChI is InChI=1S/C21H23ClN2O3/c1-15(27-21(26)18-7-3-4-8-19(18)22)20(25)23-16-9-11-17(12-10-16)24-13-5-2-6-14-24/h3-4,7-12,15H,2,5-6,13-14H2,1H3,(H,23,25)/t15-/m0/s1. The molecule has 0 radical (unpaired) electrons. The molecule has 1 heterocycles. The van der Waals surface area contributed by atoms with E-state index in [1.54, 1.807) is 24.3 Å². The molecule has 1 aliphatic heterocycles. The molecule has 2 aromatic rings. The lowest BCUT2D eigenvalue weighted by molar-refractivity contribution is -0.123. The van der Waals surface area contributed by atoms with E-state index in [2.05, 4.69) is 10.2 Å². The van der Waals surface area contributed by atoms with Crippen LogP contribution >= 0.6 is 11.6 Å². The predicted octanol–water partition coefficient (Wildman–Crippen LogP) is 4.51. The summed E-state index contributed by atoms with van der Waals surface area (Å²) in [6.07, 6.45) is 2.78. The largest absolute Gasteiger partial charge is 0.449 e. The van der Waals surface area contributed by atoms with Crippen LogP contribution in [0.25, 0.3) is 0 Å². The highest BCUT2D eigenvalue weighted by Gasteiger charge is 2.20. The molecule has 1 N–H and O–H groups in total. The second-order valence-electron chi connectivity index (χ2n) is 6.61. The number of piperidine rings is 1. The van der Waals surface area contributed by atoms with Crippen molar-refractivity contribution in [3.8, 4) is 0 Å². The van der Waals surface area contributed by atoms with Crippen LogP contribution in [0, 0.1) is 0 Å². The molecule has 0 bridgehead atoms. The van der Waals surface area contributed by atoms with Gasteiger partial charge >= 0.3 is 5.97 Å². The van der Waals surface area contributed by atoms with Crippen molar-refractivity contribution in [1.82, 2.24) is 0 Å². The number of esters is 1. The van der Waals surface area contributed by atoms with E-state index in [9.17, 15) is 9.59 Å². The van der Waals surface area contributed by atoms with Gasteiger partial charge in [-0.25, -0.2) is 4.79 Å². The first-order chi connectivity index (χ1) is 13.0. The Bertz CT molecular complexity index is 801. The Hall–Kier alpha value is -2.53. The predicted molar refractivity (Wildman–Crippen MR) is 107 cm³/mol. The number of benzene rings is 2.